The largest absolute Gasteiger partial charge is 0.230 e. The van der Waals surface area contributed by atoms with Gasteiger partial charge in [0.2, 0.25) is 0 Å². The fraction of sp³-hybridized carbons (Fsp3) is 0. The van der Waals surface area contributed by atoms with Crippen LogP contribution in [-0.4, -0.2) is 9.97 Å². The molecule has 1 aromatic heterocycles. The molecule has 2 aromatic carbocycles. The Morgan fingerprint density at radius 3 is 1.57 bits per heavy atom. The molecule has 0 amide bonds. The third-order valence-corrected chi connectivity index (χ3v) is 8.53. The minimum atomic E-state index is -2.11. The van der Waals surface area contributed by atoms with Crippen LogP contribution in [0.3, 0.4) is 0 Å². The van der Waals surface area contributed by atoms with Crippen LogP contribution in [0.5, 0.6) is 0 Å². The van der Waals surface area contributed by atoms with E-state index in [-0.39, 0.29) is 0 Å². The maximum absolute atomic E-state index is 6.16. The molecule has 0 aliphatic heterocycles. The average molecular weight is 375 g/mol. The average Bonchev–Trinajstić information content (AvgIpc) is 2.56. The summed E-state index contributed by atoms with van der Waals surface area (Å²) >= 11 is 9.44. The minimum absolute atomic E-state index is 0.578. The highest BCUT2D eigenvalue weighted by Gasteiger charge is 2.25. The van der Waals surface area contributed by atoms with E-state index in [2.05, 4.69) is 50.2 Å². The quantitative estimate of drug-likeness (QED) is 0.520. The van der Waals surface area contributed by atoms with Gasteiger partial charge in [0, 0.05) is 23.7 Å². The van der Waals surface area contributed by atoms with E-state index in [1.165, 1.54) is 0 Å². The van der Waals surface area contributed by atoms with Gasteiger partial charge in [0.15, 0.2) is 4.73 Å². The summed E-state index contributed by atoms with van der Waals surface area (Å²) in [6.07, 6.45) is 3.66. The maximum atomic E-state index is 6.16. The van der Waals surface area contributed by atoms with Gasteiger partial charge in [-0.1, -0.05) is 72.5 Å². The third kappa shape index (κ3) is 2.84. The van der Waals surface area contributed by atoms with Crippen molar-refractivity contribution in [2.24, 2.45) is 0 Å². The highest BCUT2D eigenvalue weighted by molar-refractivity contribution is 9.10. The van der Waals surface area contributed by atoms with Gasteiger partial charge in [-0.2, -0.15) is 0 Å². The van der Waals surface area contributed by atoms with Crippen molar-refractivity contribution in [1.29, 1.82) is 0 Å². The predicted molar refractivity (Wildman–Crippen MR) is 95.8 cm³/mol. The molecule has 0 radical (unpaired) electrons. The maximum Gasteiger partial charge on any atom is 0.196 e. The van der Waals surface area contributed by atoms with Crippen molar-refractivity contribution >= 4 is 49.7 Å². The van der Waals surface area contributed by atoms with Gasteiger partial charge in [-0.05, 0) is 26.5 Å². The van der Waals surface area contributed by atoms with Gasteiger partial charge in [-0.3, -0.25) is 0 Å². The number of benzene rings is 2. The zero-order valence-electron chi connectivity index (χ0n) is 11.1. The second-order valence-electron chi connectivity index (χ2n) is 4.49. The van der Waals surface area contributed by atoms with E-state index < -0.39 is 6.04 Å². The minimum Gasteiger partial charge on any atom is -0.230 e. The van der Waals surface area contributed by atoms with Crippen molar-refractivity contribution in [3.8, 4) is 0 Å². The molecule has 0 aliphatic rings. The molecule has 0 bridgehead atoms. The number of hydrogen-bond donors (Lipinski definition) is 0. The van der Waals surface area contributed by atoms with Gasteiger partial charge in [-0.25, -0.2) is 9.97 Å². The van der Waals surface area contributed by atoms with Gasteiger partial charge in [0.1, 0.15) is 0 Å². The van der Waals surface area contributed by atoms with Crippen molar-refractivity contribution in [3.63, 3.8) is 0 Å². The monoisotopic (exact) mass is 374 g/mol. The normalized spacial score (nSPS) is 11.3. The highest BCUT2D eigenvalue weighted by Crippen LogP contribution is 2.42. The first-order chi connectivity index (χ1) is 10.2. The molecular formula is C16H12BrN2PS. The molecule has 21 heavy (non-hydrogen) atoms. The van der Waals surface area contributed by atoms with Gasteiger partial charge >= 0.3 is 0 Å². The lowest BCUT2D eigenvalue weighted by Gasteiger charge is -2.23. The summed E-state index contributed by atoms with van der Waals surface area (Å²) in [7, 11) is 0. The van der Waals surface area contributed by atoms with Gasteiger partial charge < -0.3 is 0 Å². The van der Waals surface area contributed by atoms with E-state index in [0.29, 0.717) is 4.73 Å². The summed E-state index contributed by atoms with van der Waals surface area (Å²) in [5, 5.41) is 3.30. The number of aromatic nitrogens is 2. The smallest absolute Gasteiger partial charge is 0.196 e. The molecule has 0 saturated heterocycles. The molecule has 0 N–H and O–H groups in total. The summed E-state index contributed by atoms with van der Waals surface area (Å²) in [6, 6.07) is 18.4. The molecule has 0 aliphatic carbocycles. The van der Waals surface area contributed by atoms with Gasteiger partial charge in [-0.15, -0.1) is 0 Å². The summed E-state index contributed by atoms with van der Waals surface area (Å²) < 4.78 is 0.578. The molecule has 5 heteroatoms. The number of nitrogens with zero attached hydrogens (tertiary/aromatic N) is 2. The van der Waals surface area contributed by atoms with Gasteiger partial charge in [0.25, 0.3) is 0 Å². The SMILES string of the molecule is S=P(c1ccccc1)(c1ccccc1)c1cnc(Br)nc1. The van der Waals surface area contributed by atoms with Crippen LogP contribution >= 0.6 is 22.0 Å². The zero-order chi connectivity index (χ0) is 14.7. The molecule has 0 atom stereocenters. The van der Waals surface area contributed by atoms with Crippen LogP contribution in [0.2, 0.25) is 0 Å². The Kier molecular flexibility index (Phi) is 4.29. The van der Waals surface area contributed by atoms with Crippen LogP contribution in [0.4, 0.5) is 0 Å². The first kappa shape index (κ1) is 14.6. The van der Waals surface area contributed by atoms with E-state index in [1.54, 1.807) is 0 Å². The lowest BCUT2D eigenvalue weighted by Crippen LogP contribution is -2.25. The Morgan fingerprint density at radius 2 is 1.14 bits per heavy atom. The Morgan fingerprint density at radius 1 is 0.714 bits per heavy atom. The van der Waals surface area contributed by atoms with Crippen molar-refractivity contribution in [3.05, 3.63) is 77.8 Å². The third-order valence-electron chi connectivity index (χ3n) is 3.21. The number of rotatable bonds is 3. The molecule has 104 valence electrons. The molecule has 0 unspecified atom stereocenters. The summed E-state index contributed by atoms with van der Waals surface area (Å²) in [5.74, 6) is 0. The molecule has 0 spiro atoms. The fourth-order valence-corrected chi connectivity index (χ4v) is 5.93. The fourth-order valence-electron chi connectivity index (χ4n) is 2.19. The standard InChI is InChI=1S/C16H12BrN2PS/c17-16-18-11-15(12-19-16)20(21,13-7-3-1-4-8-13)14-9-5-2-6-10-14/h1-12H. The molecule has 3 aromatic rings. The number of hydrogen-bond acceptors (Lipinski definition) is 3. The topological polar surface area (TPSA) is 25.8 Å². The van der Waals surface area contributed by atoms with Crippen molar-refractivity contribution in [1.82, 2.24) is 9.97 Å². The Labute approximate surface area is 137 Å². The lowest BCUT2D eigenvalue weighted by atomic mass is 10.4. The van der Waals surface area contributed by atoms with Crippen LogP contribution in [0.1, 0.15) is 0 Å². The van der Waals surface area contributed by atoms with E-state index >= 15 is 0 Å². The van der Waals surface area contributed by atoms with Crippen LogP contribution < -0.4 is 15.9 Å². The summed E-state index contributed by atoms with van der Waals surface area (Å²) in [6.45, 7) is 0. The molecule has 1 heterocycles. The lowest BCUT2D eigenvalue weighted by molar-refractivity contribution is 1.13. The first-order valence-electron chi connectivity index (χ1n) is 6.40. The number of halogens is 1. The molecule has 0 saturated carbocycles. The van der Waals surface area contributed by atoms with Crippen molar-refractivity contribution in [2.75, 3.05) is 0 Å². The summed E-state index contributed by atoms with van der Waals surface area (Å²) in [5.41, 5.74) is 0. The molecular weight excluding hydrogens is 363 g/mol. The van der Waals surface area contributed by atoms with Crippen LogP contribution in [-0.2, 0) is 11.8 Å². The second-order valence-corrected chi connectivity index (χ2v) is 9.61. The second kappa shape index (κ2) is 6.18. The van der Waals surface area contributed by atoms with Crippen LogP contribution in [0.25, 0.3) is 0 Å². The van der Waals surface area contributed by atoms with E-state index in [0.717, 1.165) is 15.9 Å². The Hall–Kier alpha value is -1.35. The van der Waals surface area contributed by atoms with Crippen molar-refractivity contribution in [2.45, 2.75) is 0 Å². The Balaban J connectivity index is 2.26. The first-order valence-corrected chi connectivity index (χ1v) is 10.00. The highest BCUT2D eigenvalue weighted by atomic mass is 79.9. The van der Waals surface area contributed by atoms with Gasteiger partial charge in [0.05, 0.1) is 0 Å². The molecule has 2 nitrogen and oxygen atoms in total. The predicted octanol–water partition coefficient (Wildman–Crippen LogP) is 2.99. The molecule has 0 fully saturated rings. The van der Waals surface area contributed by atoms with Crippen LogP contribution in [0, 0.1) is 0 Å². The Bertz CT molecular complexity index is 733. The van der Waals surface area contributed by atoms with Crippen LogP contribution in [0.15, 0.2) is 77.8 Å². The van der Waals surface area contributed by atoms with E-state index in [4.69, 9.17) is 11.8 Å². The summed E-state index contributed by atoms with van der Waals surface area (Å²) in [4.78, 5) is 8.53. The van der Waals surface area contributed by atoms with E-state index in [1.807, 2.05) is 48.8 Å². The zero-order valence-corrected chi connectivity index (χ0v) is 14.4. The van der Waals surface area contributed by atoms with E-state index in [9.17, 15) is 0 Å². The van der Waals surface area contributed by atoms with Crippen molar-refractivity contribution < 1.29 is 0 Å². The molecule has 3 rings (SSSR count).